The molecule has 0 aliphatic rings. The van der Waals surface area contributed by atoms with Crippen molar-refractivity contribution in [2.75, 3.05) is 0 Å². The predicted molar refractivity (Wildman–Crippen MR) is 45.6 cm³/mol. The van der Waals surface area contributed by atoms with Gasteiger partial charge in [-0.1, -0.05) is 0 Å². The maximum absolute atomic E-state index is 10.2. The van der Waals surface area contributed by atoms with Crippen molar-refractivity contribution >= 4 is 12.0 Å². The average Bonchev–Trinajstić information content (AvgIpc) is 2.01. The highest BCUT2D eigenvalue weighted by atomic mass is 16.4. The Morgan fingerprint density at radius 3 is 3.00 bits per heavy atom. The first kappa shape index (κ1) is 8.46. The summed E-state index contributed by atoms with van der Waals surface area (Å²) in [7, 11) is 0. The number of carboxylic acids is 1. The van der Waals surface area contributed by atoms with E-state index in [1.807, 2.05) is 13.0 Å². The van der Waals surface area contributed by atoms with Crippen molar-refractivity contribution in [3.05, 3.63) is 35.7 Å². The summed E-state index contributed by atoms with van der Waals surface area (Å²) in [6.45, 7) is 1.86. The Hall–Kier alpha value is -1.64. The van der Waals surface area contributed by atoms with Crippen LogP contribution in [0.5, 0.6) is 0 Å². The SMILES string of the molecule is Cc1cc(C=CC(=O)O)ccn1. The first-order chi connectivity index (χ1) is 5.68. The number of carboxylic acid groups (broad SMARTS) is 1. The number of hydrogen-bond donors (Lipinski definition) is 1. The predicted octanol–water partition coefficient (Wildman–Crippen LogP) is 1.49. The van der Waals surface area contributed by atoms with Gasteiger partial charge in [0, 0.05) is 18.0 Å². The molecule has 0 bridgehead atoms. The largest absolute Gasteiger partial charge is 0.478 e. The van der Waals surface area contributed by atoms with Crippen molar-refractivity contribution in [2.45, 2.75) is 6.92 Å². The molecule has 0 fully saturated rings. The number of pyridine rings is 1. The minimum absolute atomic E-state index is 0.852. The highest BCUT2D eigenvalue weighted by molar-refractivity contribution is 5.85. The Labute approximate surface area is 70.4 Å². The molecule has 0 aromatic carbocycles. The van der Waals surface area contributed by atoms with E-state index >= 15 is 0 Å². The number of hydrogen-bond acceptors (Lipinski definition) is 2. The fourth-order valence-electron chi connectivity index (χ4n) is 0.839. The molecule has 62 valence electrons. The van der Waals surface area contributed by atoms with Crippen LogP contribution in [-0.2, 0) is 4.79 Å². The van der Waals surface area contributed by atoms with Gasteiger partial charge >= 0.3 is 5.97 Å². The summed E-state index contributed by atoms with van der Waals surface area (Å²) in [5, 5.41) is 8.34. The first-order valence-electron chi connectivity index (χ1n) is 3.52. The lowest BCUT2D eigenvalue weighted by atomic mass is 10.2. The van der Waals surface area contributed by atoms with E-state index in [4.69, 9.17) is 5.11 Å². The lowest BCUT2D eigenvalue weighted by Gasteiger charge is -1.92. The number of aryl methyl sites for hydroxylation is 1. The smallest absolute Gasteiger partial charge is 0.328 e. The van der Waals surface area contributed by atoms with Gasteiger partial charge in [0.1, 0.15) is 0 Å². The van der Waals surface area contributed by atoms with Crippen LogP contribution in [0.15, 0.2) is 24.4 Å². The van der Waals surface area contributed by atoms with Gasteiger partial charge in [0.05, 0.1) is 0 Å². The summed E-state index contributed by atoms with van der Waals surface area (Å²) >= 11 is 0. The van der Waals surface area contributed by atoms with Gasteiger partial charge < -0.3 is 5.11 Å². The molecule has 0 aliphatic heterocycles. The second-order valence-corrected chi connectivity index (χ2v) is 2.40. The summed E-state index contributed by atoms with van der Waals surface area (Å²) in [6, 6.07) is 3.58. The Morgan fingerprint density at radius 2 is 2.42 bits per heavy atom. The Balaban J connectivity index is 2.83. The second kappa shape index (κ2) is 3.67. The number of rotatable bonds is 2. The third kappa shape index (κ3) is 2.54. The van der Waals surface area contributed by atoms with Crippen LogP contribution in [0.25, 0.3) is 6.08 Å². The summed E-state index contributed by atoms with van der Waals surface area (Å²) < 4.78 is 0. The normalized spacial score (nSPS) is 10.4. The number of carbonyl (C=O) groups is 1. The minimum Gasteiger partial charge on any atom is -0.478 e. The van der Waals surface area contributed by atoms with Crippen molar-refractivity contribution in [3.8, 4) is 0 Å². The topological polar surface area (TPSA) is 50.2 Å². The number of aromatic nitrogens is 1. The maximum atomic E-state index is 10.2. The molecule has 1 N–H and O–H groups in total. The number of aliphatic carboxylic acids is 1. The van der Waals surface area contributed by atoms with Gasteiger partial charge in [-0.3, -0.25) is 4.98 Å². The Bertz CT molecular complexity index is 318. The van der Waals surface area contributed by atoms with Crippen molar-refractivity contribution in [1.82, 2.24) is 4.98 Å². The maximum Gasteiger partial charge on any atom is 0.328 e. The molecule has 0 saturated carbocycles. The van der Waals surface area contributed by atoms with E-state index in [0.717, 1.165) is 17.3 Å². The second-order valence-electron chi connectivity index (χ2n) is 2.40. The molecular weight excluding hydrogens is 154 g/mol. The van der Waals surface area contributed by atoms with E-state index in [9.17, 15) is 4.79 Å². The van der Waals surface area contributed by atoms with Crippen LogP contribution in [0, 0.1) is 6.92 Å². The van der Waals surface area contributed by atoms with Crippen LogP contribution in [0.1, 0.15) is 11.3 Å². The zero-order valence-corrected chi connectivity index (χ0v) is 6.69. The summed E-state index contributed by atoms with van der Waals surface area (Å²) in [4.78, 5) is 14.1. The molecule has 0 aliphatic carbocycles. The highest BCUT2D eigenvalue weighted by Crippen LogP contribution is 2.02. The van der Waals surface area contributed by atoms with Gasteiger partial charge in [-0.05, 0) is 30.7 Å². The summed E-state index contributed by atoms with van der Waals surface area (Å²) in [5.74, 6) is -0.940. The van der Waals surface area contributed by atoms with Crippen molar-refractivity contribution in [2.24, 2.45) is 0 Å². The van der Waals surface area contributed by atoms with E-state index < -0.39 is 5.97 Å². The average molecular weight is 163 g/mol. The Kier molecular flexibility index (Phi) is 2.58. The quantitative estimate of drug-likeness (QED) is 0.672. The van der Waals surface area contributed by atoms with Crippen molar-refractivity contribution in [1.29, 1.82) is 0 Å². The van der Waals surface area contributed by atoms with Crippen molar-refractivity contribution in [3.63, 3.8) is 0 Å². The molecule has 1 rings (SSSR count). The molecule has 0 saturated heterocycles. The van der Waals surface area contributed by atoms with Crippen LogP contribution in [-0.4, -0.2) is 16.1 Å². The molecular formula is C9H9NO2. The molecule has 0 radical (unpaired) electrons. The third-order valence-corrected chi connectivity index (χ3v) is 1.34. The molecule has 12 heavy (non-hydrogen) atoms. The highest BCUT2D eigenvalue weighted by Gasteiger charge is 1.89. The molecule has 3 nitrogen and oxygen atoms in total. The minimum atomic E-state index is -0.940. The van der Waals surface area contributed by atoms with Gasteiger partial charge in [-0.2, -0.15) is 0 Å². The fourth-order valence-corrected chi connectivity index (χ4v) is 0.839. The first-order valence-corrected chi connectivity index (χ1v) is 3.52. The molecule has 1 aromatic heterocycles. The van der Waals surface area contributed by atoms with Gasteiger partial charge in [0.25, 0.3) is 0 Å². The molecule has 0 spiro atoms. The monoisotopic (exact) mass is 163 g/mol. The molecule has 0 atom stereocenters. The molecule has 3 heteroatoms. The molecule has 0 unspecified atom stereocenters. The van der Waals surface area contributed by atoms with Crippen LogP contribution in [0.4, 0.5) is 0 Å². The zero-order valence-electron chi connectivity index (χ0n) is 6.69. The summed E-state index contributed by atoms with van der Waals surface area (Å²) in [6.07, 6.45) is 4.29. The molecule has 1 aromatic rings. The lowest BCUT2D eigenvalue weighted by molar-refractivity contribution is -0.131. The Morgan fingerprint density at radius 1 is 1.67 bits per heavy atom. The van der Waals surface area contributed by atoms with Crippen LogP contribution in [0.3, 0.4) is 0 Å². The van der Waals surface area contributed by atoms with Crippen LogP contribution < -0.4 is 0 Å². The van der Waals surface area contributed by atoms with E-state index in [1.54, 1.807) is 12.3 Å². The van der Waals surface area contributed by atoms with E-state index in [-0.39, 0.29) is 0 Å². The van der Waals surface area contributed by atoms with Gasteiger partial charge in [-0.25, -0.2) is 4.79 Å². The lowest BCUT2D eigenvalue weighted by Crippen LogP contribution is -1.86. The molecule has 1 heterocycles. The summed E-state index contributed by atoms with van der Waals surface area (Å²) in [5.41, 5.74) is 1.73. The van der Waals surface area contributed by atoms with Gasteiger partial charge in [-0.15, -0.1) is 0 Å². The third-order valence-electron chi connectivity index (χ3n) is 1.34. The van der Waals surface area contributed by atoms with Gasteiger partial charge in [0.2, 0.25) is 0 Å². The van der Waals surface area contributed by atoms with Gasteiger partial charge in [0.15, 0.2) is 0 Å². The zero-order chi connectivity index (χ0) is 8.97. The molecule has 0 amide bonds. The van der Waals surface area contributed by atoms with E-state index in [2.05, 4.69) is 4.98 Å². The fraction of sp³-hybridized carbons (Fsp3) is 0.111. The number of nitrogens with zero attached hydrogens (tertiary/aromatic N) is 1. The van der Waals surface area contributed by atoms with E-state index in [0.29, 0.717) is 0 Å². The van der Waals surface area contributed by atoms with Crippen LogP contribution in [0.2, 0.25) is 0 Å². The standard InChI is InChI=1S/C9H9NO2/c1-7-6-8(4-5-10-7)2-3-9(11)12/h2-6H,1H3,(H,11,12). The van der Waals surface area contributed by atoms with E-state index in [1.165, 1.54) is 6.08 Å². The van der Waals surface area contributed by atoms with Crippen molar-refractivity contribution < 1.29 is 9.90 Å². The van der Waals surface area contributed by atoms with Crippen LogP contribution >= 0.6 is 0 Å².